The van der Waals surface area contributed by atoms with Gasteiger partial charge in [-0.15, -0.1) is 0 Å². The topological polar surface area (TPSA) is 64.1 Å². The maximum Gasteiger partial charge on any atom is 0.253 e. The van der Waals surface area contributed by atoms with Crippen molar-refractivity contribution in [1.82, 2.24) is 14.7 Å². The summed E-state index contributed by atoms with van der Waals surface area (Å²) in [6, 6.07) is 16.7. The summed E-state index contributed by atoms with van der Waals surface area (Å²) in [4.78, 5) is 31.6. The predicted octanol–water partition coefficient (Wildman–Crippen LogP) is 3.61. The van der Waals surface area contributed by atoms with Crippen LogP contribution in [0.2, 0.25) is 0 Å². The summed E-state index contributed by atoms with van der Waals surface area (Å²) in [6.45, 7) is 2.74. The Morgan fingerprint density at radius 1 is 0.971 bits per heavy atom. The van der Waals surface area contributed by atoms with E-state index in [2.05, 4.69) is 34.1 Å². The molecule has 2 aromatic rings. The van der Waals surface area contributed by atoms with Crippen molar-refractivity contribution in [2.24, 2.45) is 5.92 Å². The van der Waals surface area contributed by atoms with Crippen molar-refractivity contribution in [3.05, 3.63) is 59.7 Å². The van der Waals surface area contributed by atoms with Gasteiger partial charge >= 0.3 is 0 Å². The van der Waals surface area contributed by atoms with E-state index >= 15 is 0 Å². The molecule has 3 atom stereocenters. The van der Waals surface area contributed by atoms with Crippen molar-refractivity contribution in [2.45, 2.75) is 50.1 Å². The summed E-state index contributed by atoms with van der Waals surface area (Å²) >= 11 is 0. The highest BCUT2D eigenvalue weighted by molar-refractivity contribution is 5.95. The van der Waals surface area contributed by atoms with Crippen LogP contribution in [0, 0.1) is 5.92 Å². The maximum atomic E-state index is 13.1. The molecule has 6 heteroatoms. The highest BCUT2D eigenvalue weighted by atomic mass is 16.3. The number of nitrogens with zero attached hydrogens (tertiary/aromatic N) is 3. The van der Waals surface area contributed by atoms with E-state index in [-0.39, 0.29) is 36.4 Å². The smallest absolute Gasteiger partial charge is 0.253 e. The van der Waals surface area contributed by atoms with Crippen molar-refractivity contribution >= 4 is 11.8 Å². The minimum Gasteiger partial charge on any atom is -0.395 e. The number of hydrogen-bond acceptors (Lipinski definition) is 4. The molecule has 1 aliphatic carbocycles. The zero-order chi connectivity index (χ0) is 24.5. The van der Waals surface area contributed by atoms with Crippen LogP contribution in [0.5, 0.6) is 0 Å². The summed E-state index contributed by atoms with van der Waals surface area (Å²) in [5.74, 6) is 0.774. The Morgan fingerprint density at radius 2 is 1.71 bits per heavy atom. The lowest BCUT2D eigenvalue weighted by atomic mass is 9.74. The molecule has 6 nitrogen and oxygen atoms in total. The Labute approximate surface area is 208 Å². The number of carbonyl (C=O) groups is 2. The number of benzene rings is 2. The summed E-state index contributed by atoms with van der Waals surface area (Å²) in [5, 5.41) is 10.2. The van der Waals surface area contributed by atoms with Gasteiger partial charge in [-0.25, -0.2) is 0 Å². The van der Waals surface area contributed by atoms with Crippen LogP contribution in [-0.2, 0) is 4.79 Å². The molecule has 0 spiro atoms. The number of fused-ring (bicyclic) bond motifs is 1. The number of amides is 2. The van der Waals surface area contributed by atoms with Gasteiger partial charge in [0, 0.05) is 56.7 Å². The van der Waals surface area contributed by atoms with Crippen molar-refractivity contribution < 1.29 is 14.7 Å². The second-order valence-electron chi connectivity index (χ2n) is 10.6. The molecule has 3 aliphatic rings. The van der Waals surface area contributed by atoms with Crippen LogP contribution in [0.4, 0.5) is 0 Å². The second kappa shape index (κ2) is 10.1. The normalized spacial score (nSPS) is 25.0. The Bertz CT molecular complexity index is 1060. The number of aliphatic hydroxyl groups is 1. The first kappa shape index (κ1) is 24.0. The molecule has 5 rings (SSSR count). The molecule has 0 unspecified atom stereocenters. The van der Waals surface area contributed by atoms with Crippen molar-refractivity contribution in [2.75, 3.05) is 40.3 Å². The zero-order valence-electron chi connectivity index (χ0n) is 20.9. The van der Waals surface area contributed by atoms with Gasteiger partial charge in [-0.1, -0.05) is 42.8 Å². The fourth-order valence-electron chi connectivity index (χ4n) is 6.04. The number of carbonyl (C=O) groups excluding carboxylic acids is 2. The van der Waals surface area contributed by atoms with E-state index in [0.29, 0.717) is 11.5 Å². The van der Waals surface area contributed by atoms with E-state index in [0.717, 1.165) is 56.4 Å². The molecule has 3 fully saturated rings. The number of hydrogen-bond donors (Lipinski definition) is 1. The van der Waals surface area contributed by atoms with Crippen molar-refractivity contribution in [3.63, 3.8) is 0 Å². The third-order valence-corrected chi connectivity index (χ3v) is 8.28. The maximum absolute atomic E-state index is 13.1. The molecular weight excluding hydrogens is 438 g/mol. The van der Waals surface area contributed by atoms with Crippen LogP contribution in [0.3, 0.4) is 0 Å². The molecule has 2 heterocycles. The van der Waals surface area contributed by atoms with Gasteiger partial charge in [0.15, 0.2) is 0 Å². The predicted molar refractivity (Wildman–Crippen MR) is 137 cm³/mol. The average Bonchev–Trinajstić information content (AvgIpc) is 2.82. The second-order valence-corrected chi connectivity index (χ2v) is 10.6. The highest BCUT2D eigenvalue weighted by Gasteiger charge is 2.49. The molecule has 0 aromatic heterocycles. The van der Waals surface area contributed by atoms with Crippen molar-refractivity contribution in [3.8, 4) is 11.1 Å². The third kappa shape index (κ3) is 4.62. The number of rotatable bonds is 5. The largest absolute Gasteiger partial charge is 0.395 e. The molecule has 1 saturated carbocycles. The highest BCUT2D eigenvalue weighted by Crippen LogP contribution is 2.43. The molecule has 0 radical (unpaired) electrons. The fraction of sp³-hybridized carbons (Fsp3) is 0.517. The van der Waals surface area contributed by atoms with Crippen LogP contribution < -0.4 is 0 Å². The summed E-state index contributed by atoms with van der Waals surface area (Å²) in [7, 11) is 3.53. The van der Waals surface area contributed by atoms with E-state index in [1.54, 1.807) is 19.0 Å². The molecule has 2 aliphatic heterocycles. The Morgan fingerprint density at radius 3 is 2.37 bits per heavy atom. The lowest BCUT2D eigenvalue weighted by Gasteiger charge is -2.57. The van der Waals surface area contributed by atoms with Crippen molar-refractivity contribution in [1.29, 1.82) is 0 Å². The molecule has 2 saturated heterocycles. The van der Waals surface area contributed by atoms with Gasteiger partial charge in [-0.05, 0) is 61.1 Å². The quantitative estimate of drug-likeness (QED) is 0.718. The monoisotopic (exact) mass is 475 g/mol. The van der Waals surface area contributed by atoms with Gasteiger partial charge in [0.2, 0.25) is 5.91 Å². The Balaban J connectivity index is 1.36. The summed E-state index contributed by atoms with van der Waals surface area (Å²) in [6.07, 6.45) is 5.35. The first-order valence-corrected chi connectivity index (χ1v) is 13.1. The van der Waals surface area contributed by atoms with Gasteiger partial charge in [0.25, 0.3) is 5.91 Å². The Hall–Kier alpha value is -2.70. The van der Waals surface area contributed by atoms with Gasteiger partial charge in [-0.3, -0.25) is 14.5 Å². The van der Waals surface area contributed by atoms with Crippen LogP contribution in [0.1, 0.15) is 53.9 Å². The summed E-state index contributed by atoms with van der Waals surface area (Å²) < 4.78 is 0. The SMILES string of the molecule is CN(C)C(=O)c1cccc(-c2ccc([C@@H]3[C@@H](CO)N4CCCCN(C(=O)C5CCC5)C[C@H]34)cc2)c1. The van der Waals surface area contributed by atoms with E-state index in [9.17, 15) is 14.7 Å². The van der Waals surface area contributed by atoms with Gasteiger partial charge in [0.1, 0.15) is 0 Å². The molecule has 2 aromatic carbocycles. The molecule has 1 N–H and O–H groups in total. The summed E-state index contributed by atoms with van der Waals surface area (Å²) in [5.41, 5.74) is 3.98. The Kier molecular flexibility index (Phi) is 6.94. The van der Waals surface area contributed by atoms with Crippen LogP contribution in [-0.4, -0.2) is 84.0 Å². The van der Waals surface area contributed by atoms with Gasteiger partial charge in [-0.2, -0.15) is 0 Å². The minimum absolute atomic E-state index is 0.00546. The third-order valence-electron chi connectivity index (χ3n) is 8.28. The zero-order valence-corrected chi connectivity index (χ0v) is 20.9. The fourth-order valence-corrected chi connectivity index (χ4v) is 6.04. The molecule has 2 amide bonds. The van der Waals surface area contributed by atoms with Gasteiger partial charge in [0.05, 0.1) is 6.61 Å². The lowest BCUT2D eigenvalue weighted by Crippen LogP contribution is -2.68. The molecular formula is C29H37N3O3. The van der Waals surface area contributed by atoms with E-state index < -0.39 is 0 Å². The number of aliphatic hydroxyl groups excluding tert-OH is 1. The van der Waals surface area contributed by atoms with Crippen LogP contribution >= 0.6 is 0 Å². The lowest BCUT2D eigenvalue weighted by molar-refractivity contribution is -0.143. The van der Waals surface area contributed by atoms with E-state index in [1.165, 1.54) is 12.0 Å². The van der Waals surface area contributed by atoms with E-state index in [4.69, 9.17) is 0 Å². The molecule has 35 heavy (non-hydrogen) atoms. The molecule has 186 valence electrons. The van der Waals surface area contributed by atoms with Crippen LogP contribution in [0.25, 0.3) is 11.1 Å². The standard InChI is InChI=1S/C29H37N3O3/c1-30(2)28(34)24-10-6-9-23(17-24)20-11-13-21(14-12-20)27-25-18-31(29(35)22-7-5-8-22)15-3-4-16-32(25)26(27)19-33/h6,9-14,17,22,25-27,33H,3-5,7-8,15-16,18-19H2,1-2H3/t25-,26-,27+/m1/s1. The van der Waals surface area contributed by atoms with E-state index in [1.807, 2.05) is 24.3 Å². The minimum atomic E-state index is -0.00546. The first-order valence-electron chi connectivity index (χ1n) is 13.1. The average molecular weight is 476 g/mol. The van der Waals surface area contributed by atoms with Gasteiger partial charge < -0.3 is 14.9 Å². The first-order chi connectivity index (χ1) is 17.0. The van der Waals surface area contributed by atoms with Crippen LogP contribution in [0.15, 0.2) is 48.5 Å². The molecule has 0 bridgehead atoms.